The van der Waals surface area contributed by atoms with Crippen molar-refractivity contribution in [2.45, 2.75) is 138 Å². The fraction of sp³-hybridized carbons (Fsp3) is 0.382. The van der Waals surface area contributed by atoms with E-state index in [1.807, 2.05) is 25.3 Å². The molecule has 6 aromatic rings. The first-order valence-electron chi connectivity index (χ1n) is 21.1. The number of hydrogen-bond donors (Lipinski definition) is 1. The van der Waals surface area contributed by atoms with Crippen LogP contribution in [0, 0.1) is 6.07 Å². The molecule has 4 aromatic carbocycles. The Morgan fingerprint density at radius 3 is 1.73 bits per heavy atom. The first kappa shape index (κ1) is 46.5. The second-order valence-electron chi connectivity index (χ2n) is 21.5. The van der Waals surface area contributed by atoms with E-state index in [4.69, 9.17) is 9.97 Å². The van der Waals surface area contributed by atoms with E-state index < -0.39 is 0 Å². The van der Waals surface area contributed by atoms with Crippen molar-refractivity contribution in [1.29, 1.82) is 0 Å². The number of aromatic nitrogens is 3. The summed E-state index contributed by atoms with van der Waals surface area (Å²) in [5.74, 6) is 0.971. The van der Waals surface area contributed by atoms with E-state index in [9.17, 15) is 5.11 Å². The van der Waals surface area contributed by atoms with Crippen LogP contribution in [-0.4, -0.2) is 19.6 Å². The Kier molecular flexibility index (Phi) is 12.7. The van der Waals surface area contributed by atoms with Gasteiger partial charge in [0.1, 0.15) is 11.6 Å². The number of phenolic OH excluding ortho intramolecular Hbond substituents is 1. The van der Waals surface area contributed by atoms with Gasteiger partial charge in [0.15, 0.2) is 0 Å². The van der Waals surface area contributed by atoms with E-state index >= 15 is 0 Å². The van der Waals surface area contributed by atoms with Crippen molar-refractivity contribution < 1.29 is 26.2 Å². The number of hydrogen-bond acceptors (Lipinski definition) is 3. The van der Waals surface area contributed by atoms with Gasteiger partial charge in [0.2, 0.25) is 0 Å². The average molecular weight is 980 g/mol. The number of allylic oxidation sites excluding steroid dienone is 3. The minimum atomic E-state index is -0.308. The van der Waals surface area contributed by atoms with Gasteiger partial charge in [-0.25, -0.2) is 4.98 Å². The number of nitrogens with zero attached hydrogens (tertiary/aromatic N) is 3. The van der Waals surface area contributed by atoms with Crippen LogP contribution in [0.2, 0.25) is 0 Å². The van der Waals surface area contributed by atoms with Gasteiger partial charge in [-0.15, -0.1) is 29.3 Å². The molecule has 0 saturated heterocycles. The van der Waals surface area contributed by atoms with Crippen LogP contribution in [0.1, 0.15) is 144 Å². The molecule has 0 aliphatic carbocycles. The van der Waals surface area contributed by atoms with Crippen LogP contribution in [0.3, 0.4) is 0 Å². The van der Waals surface area contributed by atoms with Crippen molar-refractivity contribution in [3.8, 4) is 45.2 Å². The van der Waals surface area contributed by atoms with Gasteiger partial charge >= 0.3 is 0 Å². The first-order chi connectivity index (χ1) is 27.2. The van der Waals surface area contributed by atoms with Crippen molar-refractivity contribution in [3.63, 3.8) is 0 Å². The van der Waals surface area contributed by atoms with Gasteiger partial charge in [0.05, 0.1) is 16.6 Å². The maximum Gasteiger partial charge on any atom is 0.148 e. The Bertz CT molecular complexity index is 2570. The van der Waals surface area contributed by atoms with Crippen molar-refractivity contribution in [3.05, 3.63) is 137 Å². The van der Waals surface area contributed by atoms with E-state index in [1.165, 1.54) is 16.7 Å². The molecule has 4 nitrogen and oxygen atoms in total. The molecule has 0 atom stereocenters. The van der Waals surface area contributed by atoms with E-state index in [0.29, 0.717) is 5.82 Å². The third-order valence-corrected chi connectivity index (χ3v) is 11.5. The molecule has 0 bridgehead atoms. The van der Waals surface area contributed by atoms with Crippen molar-refractivity contribution in [2.24, 2.45) is 0 Å². The molecule has 0 saturated carbocycles. The van der Waals surface area contributed by atoms with E-state index in [2.05, 4.69) is 194 Å². The fourth-order valence-electron chi connectivity index (χ4n) is 7.62. The number of fused-ring (bicyclic) bond motifs is 1. The molecule has 318 valence electrons. The standard InChI is InChI=1S/C55H66N3O.Pt/c1-18-34(19-2)35-23-24-56-46(28-35)37-25-36(26-38(27-37)51(3,4)5)43-21-20-22-47-48(43)57-50(44-32-41(54(12,13)14)33-45(49(44)59)55(15,16)17)58(47)42-30-39(52(6,7)8)29-40(31-42)53(9,10)11;/h18-24,26-33,59H,1H2,2-17H3;/q-1;/b34-19+;. The zero-order chi connectivity index (χ0) is 43.6. The summed E-state index contributed by atoms with van der Waals surface area (Å²) in [6, 6.07) is 30.2. The van der Waals surface area contributed by atoms with Gasteiger partial charge in [-0.05, 0) is 92.2 Å². The van der Waals surface area contributed by atoms with Crippen molar-refractivity contribution in [2.75, 3.05) is 0 Å². The largest absolute Gasteiger partial charge is 0.507 e. The van der Waals surface area contributed by atoms with Crippen LogP contribution in [0.15, 0.2) is 97.7 Å². The molecule has 6 rings (SSSR count). The summed E-state index contributed by atoms with van der Waals surface area (Å²) < 4.78 is 2.28. The third-order valence-electron chi connectivity index (χ3n) is 11.5. The van der Waals surface area contributed by atoms with Gasteiger partial charge in [0, 0.05) is 44.2 Å². The maximum atomic E-state index is 12.4. The molecule has 0 aliphatic heterocycles. The van der Waals surface area contributed by atoms with Gasteiger partial charge in [-0.3, -0.25) is 9.55 Å². The molecular formula is C55H66N3OPt-. The first-order valence-corrected chi connectivity index (χ1v) is 21.1. The van der Waals surface area contributed by atoms with Crippen LogP contribution in [-0.2, 0) is 48.1 Å². The number of imidazole rings is 1. The van der Waals surface area contributed by atoms with E-state index in [0.717, 1.165) is 66.9 Å². The van der Waals surface area contributed by atoms with Crippen molar-refractivity contribution in [1.82, 2.24) is 14.5 Å². The quantitative estimate of drug-likeness (QED) is 0.134. The number of aromatic hydroxyl groups is 1. The molecule has 5 heteroatoms. The Morgan fingerprint density at radius 1 is 0.650 bits per heavy atom. The number of para-hydroxylation sites is 1. The summed E-state index contributed by atoms with van der Waals surface area (Å²) in [5, 5.41) is 12.4. The molecule has 0 unspecified atom stereocenters. The molecule has 0 fully saturated rings. The van der Waals surface area contributed by atoms with Crippen LogP contribution in [0.25, 0.3) is 56.1 Å². The predicted molar refractivity (Wildman–Crippen MR) is 253 cm³/mol. The van der Waals surface area contributed by atoms with Gasteiger partial charge in [-0.1, -0.05) is 164 Å². The second kappa shape index (κ2) is 16.4. The van der Waals surface area contributed by atoms with Crippen molar-refractivity contribution >= 4 is 16.6 Å². The van der Waals surface area contributed by atoms with Gasteiger partial charge in [0.25, 0.3) is 0 Å². The zero-order valence-electron chi connectivity index (χ0n) is 39.0. The average Bonchev–Trinajstić information content (AvgIpc) is 3.53. The molecule has 1 N–H and O–H groups in total. The fourth-order valence-corrected chi connectivity index (χ4v) is 7.62. The van der Waals surface area contributed by atoms with E-state index in [-0.39, 0.29) is 53.9 Å². The molecule has 60 heavy (non-hydrogen) atoms. The number of phenols is 1. The summed E-state index contributed by atoms with van der Waals surface area (Å²) in [7, 11) is 0. The Hall–Kier alpha value is -4.53. The Morgan fingerprint density at radius 2 is 1.20 bits per heavy atom. The van der Waals surface area contributed by atoms with Gasteiger partial charge in [-0.2, -0.15) is 0 Å². The Labute approximate surface area is 375 Å². The number of benzene rings is 4. The number of pyridine rings is 1. The molecular weight excluding hydrogens is 914 g/mol. The van der Waals surface area contributed by atoms with E-state index in [1.54, 1.807) is 0 Å². The smallest absolute Gasteiger partial charge is 0.148 e. The predicted octanol–water partition coefficient (Wildman–Crippen LogP) is 15.0. The van der Waals surface area contributed by atoms with Gasteiger partial charge < -0.3 is 5.11 Å². The third kappa shape index (κ3) is 9.35. The topological polar surface area (TPSA) is 50.9 Å². The SMILES string of the molecule is C=C/C(=C\C)c1ccnc(-c2[c-]c(-c3cccc4c3nc(-c3cc(C(C)(C)C)cc(C(C)(C)C)c3O)n4-c3cc(C(C)(C)C)cc(C(C)(C)C)c3)cc(C(C)(C)C)c2)c1.[Pt]. The summed E-state index contributed by atoms with van der Waals surface area (Å²) in [4.78, 5) is 10.5. The zero-order valence-corrected chi connectivity index (χ0v) is 41.2. The molecule has 2 heterocycles. The minimum absolute atomic E-state index is 0. The second-order valence-corrected chi connectivity index (χ2v) is 21.5. The number of rotatable bonds is 6. The van der Waals surface area contributed by atoms with Crippen LogP contribution in [0.4, 0.5) is 0 Å². The molecule has 0 spiro atoms. The van der Waals surface area contributed by atoms with Crippen LogP contribution < -0.4 is 0 Å². The maximum absolute atomic E-state index is 12.4. The Balaban J connectivity index is 0.00000683. The minimum Gasteiger partial charge on any atom is -0.507 e. The summed E-state index contributed by atoms with van der Waals surface area (Å²) >= 11 is 0. The molecule has 2 aromatic heterocycles. The summed E-state index contributed by atoms with van der Waals surface area (Å²) in [6.07, 6.45) is 5.82. The molecule has 0 aliphatic rings. The monoisotopic (exact) mass is 979 g/mol. The molecule has 0 radical (unpaired) electrons. The van der Waals surface area contributed by atoms with Crippen LogP contribution >= 0.6 is 0 Å². The summed E-state index contributed by atoms with van der Waals surface area (Å²) in [5.41, 5.74) is 14.2. The normalized spacial score (nSPS) is 13.1. The van der Waals surface area contributed by atoms with Crippen LogP contribution in [0.5, 0.6) is 5.75 Å². The summed E-state index contributed by atoms with van der Waals surface area (Å²) in [6.45, 7) is 39.6. The molecule has 0 amide bonds.